The Labute approximate surface area is 141 Å². The van der Waals surface area contributed by atoms with Crippen molar-refractivity contribution >= 4 is 29.9 Å². The van der Waals surface area contributed by atoms with Crippen molar-refractivity contribution in [2.75, 3.05) is 26.3 Å². The fourth-order valence-corrected chi connectivity index (χ4v) is 2.23. The van der Waals surface area contributed by atoms with Crippen molar-refractivity contribution in [1.82, 2.24) is 10.6 Å². The molecule has 0 atom stereocenters. The summed E-state index contributed by atoms with van der Waals surface area (Å²) < 4.78 is 5.58. The number of hydrogen-bond donors (Lipinski definition) is 2. The predicted molar refractivity (Wildman–Crippen MR) is 97.1 cm³/mol. The summed E-state index contributed by atoms with van der Waals surface area (Å²) in [6.45, 7) is 9.75. The lowest BCUT2D eigenvalue weighted by molar-refractivity contribution is 0.130. The number of nitrogens with zero attached hydrogens (tertiary/aromatic N) is 1. The number of guanidine groups is 1. The van der Waals surface area contributed by atoms with Crippen LogP contribution in [0.15, 0.2) is 4.99 Å². The van der Waals surface area contributed by atoms with Crippen molar-refractivity contribution in [3.63, 3.8) is 0 Å². The summed E-state index contributed by atoms with van der Waals surface area (Å²) in [6.07, 6.45) is 6.36. The van der Waals surface area contributed by atoms with Crippen LogP contribution in [0.3, 0.4) is 0 Å². The Morgan fingerprint density at radius 2 is 1.95 bits per heavy atom. The summed E-state index contributed by atoms with van der Waals surface area (Å²) in [6, 6.07) is 0.611. The first-order valence-corrected chi connectivity index (χ1v) is 7.85. The van der Waals surface area contributed by atoms with Crippen LogP contribution in [0.4, 0.5) is 0 Å². The molecule has 0 bridgehead atoms. The van der Waals surface area contributed by atoms with Crippen molar-refractivity contribution in [2.24, 2.45) is 10.9 Å². The molecule has 2 N–H and O–H groups in total. The quantitative estimate of drug-likeness (QED) is 0.286. The van der Waals surface area contributed by atoms with E-state index in [0.29, 0.717) is 18.6 Å². The van der Waals surface area contributed by atoms with Crippen molar-refractivity contribution in [2.45, 2.75) is 58.9 Å². The second-order valence-corrected chi connectivity index (χ2v) is 5.68. The third kappa shape index (κ3) is 9.80. The van der Waals surface area contributed by atoms with Crippen LogP contribution < -0.4 is 10.6 Å². The zero-order valence-electron chi connectivity index (χ0n) is 13.3. The Bertz CT molecular complexity index is 254. The second-order valence-electron chi connectivity index (χ2n) is 5.68. The van der Waals surface area contributed by atoms with Gasteiger partial charge in [0.25, 0.3) is 0 Å². The maximum absolute atomic E-state index is 5.58. The van der Waals surface area contributed by atoms with Crippen LogP contribution in [0.2, 0.25) is 0 Å². The number of halogens is 1. The Balaban J connectivity index is 0.00000361. The molecule has 0 heterocycles. The number of nitrogens with one attached hydrogen (secondary N) is 2. The minimum atomic E-state index is 0. The van der Waals surface area contributed by atoms with E-state index in [0.717, 1.165) is 32.1 Å². The molecule has 120 valence electrons. The monoisotopic (exact) mass is 397 g/mol. The Morgan fingerprint density at radius 3 is 2.55 bits per heavy atom. The average molecular weight is 397 g/mol. The molecule has 0 aliphatic heterocycles. The van der Waals surface area contributed by atoms with E-state index in [1.165, 1.54) is 25.7 Å². The summed E-state index contributed by atoms with van der Waals surface area (Å²) in [5.41, 5.74) is 0. The van der Waals surface area contributed by atoms with Gasteiger partial charge in [-0.1, -0.05) is 26.7 Å². The lowest BCUT2D eigenvalue weighted by Gasteiger charge is -2.16. The second kappa shape index (κ2) is 12.7. The maximum Gasteiger partial charge on any atom is 0.191 e. The Hall–Kier alpha value is -0.0400. The van der Waals surface area contributed by atoms with Gasteiger partial charge in [-0.3, -0.25) is 4.99 Å². The van der Waals surface area contributed by atoms with Gasteiger partial charge in [0.15, 0.2) is 5.96 Å². The summed E-state index contributed by atoms with van der Waals surface area (Å²) in [5, 5.41) is 6.81. The topological polar surface area (TPSA) is 45.7 Å². The van der Waals surface area contributed by atoms with Crippen LogP contribution in [0.25, 0.3) is 0 Å². The summed E-state index contributed by atoms with van der Waals surface area (Å²) >= 11 is 0. The summed E-state index contributed by atoms with van der Waals surface area (Å²) in [7, 11) is 0. The smallest absolute Gasteiger partial charge is 0.191 e. The minimum Gasteiger partial charge on any atom is -0.380 e. The fourth-order valence-electron chi connectivity index (χ4n) is 2.23. The van der Waals surface area contributed by atoms with Crippen LogP contribution in [0, 0.1) is 5.92 Å². The number of aliphatic imine (C=N–C) groups is 1. The van der Waals surface area contributed by atoms with Gasteiger partial charge in [-0.2, -0.15) is 0 Å². The maximum atomic E-state index is 5.58. The van der Waals surface area contributed by atoms with Gasteiger partial charge in [-0.05, 0) is 32.1 Å². The highest BCUT2D eigenvalue weighted by Crippen LogP contribution is 2.17. The Morgan fingerprint density at radius 1 is 1.25 bits per heavy atom. The molecule has 0 saturated heterocycles. The first-order valence-electron chi connectivity index (χ1n) is 7.85. The van der Waals surface area contributed by atoms with Crippen molar-refractivity contribution < 1.29 is 4.74 Å². The molecule has 1 aliphatic carbocycles. The minimum absolute atomic E-state index is 0. The SMILES string of the molecule is CCNC(=NCCOCCC(C)C)NC1CCCC1.I. The van der Waals surface area contributed by atoms with E-state index >= 15 is 0 Å². The van der Waals surface area contributed by atoms with E-state index in [1.807, 2.05) is 0 Å². The van der Waals surface area contributed by atoms with E-state index < -0.39 is 0 Å². The third-order valence-corrected chi connectivity index (χ3v) is 3.39. The van der Waals surface area contributed by atoms with Gasteiger partial charge in [0.1, 0.15) is 0 Å². The molecule has 0 aromatic carbocycles. The van der Waals surface area contributed by atoms with E-state index in [9.17, 15) is 0 Å². The molecular weight excluding hydrogens is 365 g/mol. The van der Waals surface area contributed by atoms with Crippen molar-refractivity contribution in [3.8, 4) is 0 Å². The van der Waals surface area contributed by atoms with E-state index in [4.69, 9.17) is 4.74 Å². The normalized spacial score (nSPS) is 16.3. The molecule has 1 rings (SSSR count). The standard InChI is InChI=1S/C15H31N3O.HI/c1-4-16-15(18-14-7-5-6-8-14)17-10-12-19-11-9-13(2)3;/h13-14H,4-12H2,1-3H3,(H2,16,17,18);1H. The molecule has 1 fully saturated rings. The van der Waals surface area contributed by atoms with Gasteiger partial charge in [0.05, 0.1) is 13.2 Å². The molecule has 0 unspecified atom stereocenters. The average Bonchev–Trinajstić information content (AvgIpc) is 2.86. The number of hydrogen-bond acceptors (Lipinski definition) is 2. The van der Waals surface area contributed by atoms with Gasteiger partial charge in [0, 0.05) is 19.2 Å². The van der Waals surface area contributed by atoms with Crippen LogP contribution in [-0.4, -0.2) is 38.3 Å². The van der Waals surface area contributed by atoms with Crippen LogP contribution >= 0.6 is 24.0 Å². The lowest BCUT2D eigenvalue weighted by Crippen LogP contribution is -2.42. The highest BCUT2D eigenvalue weighted by Gasteiger charge is 2.15. The zero-order chi connectivity index (χ0) is 13.9. The molecule has 1 saturated carbocycles. The largest absolute Gasteiger partial charge is 0.380 e. The highest BCUT2D eigenvalue weighted by molar-refractivity contribution is 14.0. The molecule has 0 radical (unpaired) electrons. The first kappa shape index (κ1) is 20.0. The molecule has 4 nitrogen and oxygen atoms in total. The van der Waals surface area contributed by atoms with Gasteiger partial charge in [-0.15, -0.1) is 24.0 Å². The molecule has 1 aliphatic rings. The van der Waals surface area contributed by atoms with Gasteiger partial charge < -0.3 is 15.4 Å². The lowest BCUT2D eigenvalue weighted by atomic mass is 10.1. The third-order valence-electron chi connectivity index (χ3n) is 3.39. The van der Waals surface area contributed by atoms with Gasteiger partial charge in [0.2, 0.25) is 0 Å². The molecule has 0 aromatic heterocycles. The molecule has 5 heteroatoms. The molecule has 0 amide bonds. The van der Waals surface area contributed by atoms with Gasteiger partial charge in [-0.25, -0.2) is 0 Å². The number of ether oxygens (including phenoxy) is 1. The van der Waals surface area contributed by atoms with Crippen LogP contribution in [0.5, 0.6) is 0 Å². The molecule has 0 aromatic rings. The van der Waals surface area contributed by atoms with Crippen molar-refractivity contribution in [1.29, 1.82) is 0 Å². The molecule has 20 heavy (non-hydrogen) atoms. The zero-order valence-corrected chi connectivity index (χ0v) is 15.6. The predicted octanol–water partition coefficient (Wildman–Crippen LogP) is 3.16. The fraction of sp³-hybridized carbons (Fsp3) is 0.933. The van der Waals surface area contributed by atoms with Crippen LogP contribution in [0.1, 0.15) is 52.9 Å². The van der Waals surface area contributed by atoms with Crippen LogP contribution in [-0.2, 0) is 4.74 Å². The molecular formula is C15H32IN3O. The molecule has 0 spiro atoms. The highest BCUT2D eigenvalue weighted by atomic mass is 127. The van der Waals surface area contributed by atoms with E-state index in [-0.39, 0.29) is 24.0 Å². The summed E-state index contributed by atoms with van der Waals surface area (Å²) in [5.74, 6) is 1.66. The Kier molecular flexibility index (Phi) is 12.7. The van der Waals surface area contributed by atoms with E-state index in [1.54, 1.807) is 0 Å². The number of rotatable bonds is 8. The van der Waals surface area contributed by atoms with Crippen molar-refractivity contribution in [3.05, 3.63) is 0 Å². The van der Waals surface area contributed by atoms with Gasteiger partial charge >= 0.3 is 0 Å². The van der Waals surface area contributed by atoms with E-state index in [2.05, 4.69) is 36.4 Å². The summed E-state index contributed by atoms with van der Waals surface area (Å²) in [4.78, 5) is 4.56. The first-order chi connectivity index (χ1) is 9.22.